The summed E-state index contributed by atoms with van der Waals surface area (Å²) in [4.78, 5) is 16.7. The fourth-order valence-corrected chi connectivity index (χ4v) is 4.30. The van der Waals surface area contributed by atoms with E-state index in [0.29, 0.717) is 18.3 Å². The Morgan fingerprint density at radius 2 is 1.86 bits per heavy atom. The molecule has 0 radical (unpaired) electrons. The molecule has 0 aliphatic heterocycles. The molecule has 0 spiro atoms. The van der Waals surface area contributed by atoms with Crippen LogP contribution in [0.2, 0.25) is 0 Å². The van der Waals surface area contributed by atoms with Gasteiger partial charge in [-0.2, -0.15) is 0 Å². The van der Waals surface area contributed by atoms with E-state index < -0.39 is 0 Å². The average molecular weight is 386 g/mol. The van der Waals surface area contributed by atoms with Crippen molar-refractivity contribution < 1.29 is 9.18 Å². The molecule has 1 aliphatic rings. The third-order valence-electron chi connectivity index (χ3n) is 5.83. The van der Waals surface area contributed by atoms with E-state index in [0.717, 1.165) is 47.8 Å². The summed E-state index contributed by atoms with van der Waals surface area (Å²) in [6, 6.07) is 14.1. The molecule has 1 fully saturated rings. The van der Waals surface area contributed by atoms with E-state index in [9.17, 15) is 9.18 Å². The molecule has 0 saturated heterocycles. The first-order valence-corrected chi connectivity index (χ1v) is 10.0. The number of pyridine rings is 1. The molecular formula is C25H23FN2O. The molecule has 4 rings (SSSR count). The zero-order valence-electron chi connectivity index (χ0n) is 16.2. The summed E-state index contributed by atoms with van der Waals surface area (Å²) in [5, 5.41) is 3.86. The second-order valence-electron chi connectivity index (χ2n) is 7.75. The summed E-state index contributed by atoms with van der Waals surface area (Å²) in [6.45, 7) is 0. The lowest BCUT2D eigenvalue weighted by molar-refractivity contribution is -0.117. The van der Waals surface area contributed by atoms with Crippen LogP contribution in [0.25, 0.3) is 10.9 Å². The Kier molecular flexibility index (Phi) is 5.57. The van der Waals surface area contributed by atoms with Gasteiger partial charge >= 0.3 is 0 Å². The number of nitrogens with one attached hydrogen (secondary N) is 1. The lowest BCUT2D eigenvalue weighted by Crippen LogP contribution is -2.20. The van der Waals surface area contributed by atoms with Crippen LogP contribution in [-0.2, 0) is 4.79 Å². The molecule has 3 aromatic rings. The maximum Gasteiger partial charge on any atom is 0.224 e. The van der Waals surface area contributed by atoms with Crippen molar-refractivity contribution in [3.8, 4) is 12.3 Å². The van der Waals surface area contributed by atoms with Crippen LogP contribution >= 0.6 is 0 Å². The van der Waals surface area contributed by atoms with E-state index in [1.54, 1.807) is 18.3 Å². The first-order chi connectivity index (χ1) is 14.1. The molecule has 3 nitrogen and oxygen atoms in total. The smallest absolute Gasteiger partial charge is 0.224 e. The molecule has 0 atom stereocenters. The van der Waals surface area contributed by atoms with Crippen molar-refractivity contribution >= 4 is 22.5 Å². The number of carbonyl (C=O) groups excluding carboxylic acids is 1. The van der Waals surface area contributed by atoms with Crippen LogP contribution in [0.1, 0.15) is 49.1 Å². The second kappa shape index (κ2) is 8.45. The highest BCUT2D eigenvalue weighted by molar-refractivity contribution is 5.90. The summed E-state index contributed by atoms with van der Waals surface area (Å²) in [5.74, 6) is 3.14. The quantitative estimate of drug-likeness (QED) is 0.588. The molecule has 1 amide bonds. The lowest BCUT2D eigenvalue weighted by atomic mass is 9.77. The molecule has 1 N–H and O–H groups in total. The topological polar surface area (TPSA) is 42.0 Å². The van der Waals surface area contributed by atoms with Crippen molar-refractivity contribution in [1.29, 1.82) is 0 Å². The highest BCUT2D eigenvalue weighted by atomic mass is 19.1. The van der Waals surface area contributed by atoms with E-state index in [1.165, 1.54) is 11.6 Å². The van der Waals surface area contributed by atoms with Crippen LogP contribution in [0.5, 0.6) is 0 Å². The summed E-state index contributed by atoms with van der Waals surface area (Å²) in [7, 11) is 0. The van der Waals surface area contributed by atoms with Crippen LogP contribution in [0, 0.1) is 24.1 Å². The number of halogens is 1. The monoisotopic (exact) mass is 386 g/mol. The molecule has 4 heteroatoms. The van der Waals surface area contributed by atoms with Crippen molar-refractivity contribution in [3.05, 3.63) is 71.7 Å². The van der Waals surface area contributed by atoms with Gasteiger partial charge in [0.25, 0.3) is 0 Å². The molecule has 0 bridgehead atoms. The molecular weight excluding hydrogens is 363 g/mol. The van der Waals surface area contributed by atoms with Crippen LogP contribution in [0.15, 0.2) is 54.7 Å². The van der Waals surface area contributed by atoms with Gasteiger partial charge in [-0.3, -0.25) is 9.78 Å². The summed E-state index contributed by atoms with van der Waals surface area (Å²) < 4.78 is 13.7. The Morgan fingerprint density at radius 3 is 2.59 bits per heavy atom. The van der Waals surface area contributed by atoms with Gasteiger partial charge in [0.15, 0.2) is 0 Å². The minimum atomic E-state index is -0.229. The summed E-state index contributed by atoms with van der Waals surface area (Å²) in [6.07, 6.45) is 11.7. The Labute approximate surface area is 170 Å². The molecule has 1 heterocycles. The molecule has 2 aromatic carbocycles. The number of aromatic nitrogens is 1. The van der Waals surface area contributed by atoms with Gasteiger partial charge in [-0.05, 0) is 91.6 Å². The van der Waals surface area contributed by atoms with Crippen molar-refractivity contribution in [2.75, 3.05) is 5.32 Å². The number of amides is 1. The average Bonchev–Trinajstić information content (AvgIpc) is 2.74. The first kappa shape index (κ1) is 19.1. The van der Waals surface area contributed by atoms with E-state index >= 15 is 0 Å². The number of nitrogens with zero attached hydrogens (tertiary/aromatic N) is 1. The molecule has 1 aromatic heterocycles. The van der Waals surface area contributed by atoms with Gasteiger partial charge in [-0.25, -0.2) is 4.39 Å². The molecule has 1 aliphatic carbocycles. The van der Waals surface area contributed by atoms with Gasteiger partial charge in [-0.15, -0.1) is 6.42 Å². The van der Waals surface area contributed by atoms with Crippen LogP contribution in [0.3, 0.4) is 0 Å². The number of terminal acetylenes is 1. The van der Waals surface area contributed by atoms with Gasteiger partial charge in [0, 0.05) is 29.3 Å². The lowest BCUT2D eigenvalue weighted by Gasteiger charge is -2.29. The molecule has 0 unspecified atom stereocenters. The number of hydrogen-bond donors (Lipinski definition) is 1. The van der Waals surface area contributed by atoms with Gasteiger partial charge in [0.1, 0.15) is 5.82 Å². The second-order valence-corrected chi connectivity index (χ2v) is 7.75. The minimum Gasteiger partial charge on any atom is -0.326 e. The van der Waals surface area contributed by atoms with Crippen molar-refractivity contribution in [1.82, 2.24) is 4.98 Å². The number of fused-ring (bicyclic) bond motifs is 1. The Morgan fingerprint density at radius 1 is 1.10 bits per heavy atom. The summed E-state index contributed by atoms with van der Waals surface area (Å²) >= 11 is 0. The van der Waals surface area contributed by atoms with Gasteiger partial charge in [0.05, 0.1) is 5.52 Å². The number of benzene rings is 2. The van der Waals surface area contributed by atoms with E-state index in [-0.39, 0.29) is 11.7 Å². The number of carbonyl (C=O) groups is 1. The van der Waals surface area contributed by atoms with E-state index in [4.69, 9.17) is 6.42 Å². The normalized spacial score (nSPS) is 18.9. The Bertz CT molecular complexity index is 1060. The van der Waals surface area contributed by atoms with Gasteiger partial charge in [0.2, 0.25) is 5.91 Å². The maximum atomic E-state index is 13.7. The SMILES string of the molecule is C#Cc1ccc(NC(=O)C[C@H]2CC[C@@H](c3ccnc4ccc(F)cc43)CC2)cc1. The van der Waals surface area contributed by atoms with Crippen LogP contribution in [0.4, 0.5) is 10.1 Å². The van der Waals surface area contributed by atoms with Crippen molar-refractivity contribution in [3.63, 3.8) is 0 Å². The van der Waals surface area contributed by atoms with Crippen molar-refractivity contribution in [2.24, 2.45) is 5.92 Å². The zero-order valence-corrected chi connectivity index (χ0v) is 16.2. The summed E-state index contributed by atoms with van der Waals surface area (Å²) in [5.41, 5.74) is 3.57. The predicted octanol–water partition coefficient (Wildman–Crippen LogP) is 5.66. The highest BCUT2D eigenvalue weighted by Crippen LogP contribution is 2.39. The number of rotatable bonds is 4. The fourth-order valence-electron chi connectivity index (χ4n) is 4.30. The predicted molar refractivity (Wildman–Crippen MR) is 114 cm³/mol. The maximum absolute atomic E-state index is 13.7. The van der Waals surface area contributed by atoms with Crippen LogP contribution in [-0.4, -0.2) is 10.9 Å². The third kappa shape index (κ3) is 4.46. The van der Waals surface area contributed by atoms with Gasteiger partial charge < -0.3 is 5.32 Å². The Balaban J connectivity index is 1.35. The fraction of sp³-hybridized carbons (Fsp3) is 0.280. The molecule has 29 heavy (non-hydrogen) atoms. The third-order valence-corrected chi connectivity index (χ3v) is 5.83. The number of hydrogen-bond acceptors (Lipinski definition) is 2. The van der Waals surface area contributed by atoms with Gasteiger partial charge in [-0.1, -0.05) is 5.92 Å². The standard InChI is InChI=1S/C25H23FN2O/c1-2-17-5-10-21(11-6-17)28-25(29)15-18-3-7-19(8-4-18)22-13-14-27-24-12-9-20(26)16-23(22)24/h1,5-6,9-14,16,18-19H,3-4,7-8,15H2,(H,28,29)/t18-,19+. The highest BCUT2D eigenvalue weighted by Gasteiger charge is 2.25. The number of anilines is 1. The largest absolute Gasteiger partial charge is 0.326 e. The minimum absolute atomic E-state index is 0.0401. The Hall–Kier alpha value is -3.19. The molecule has 1 saturated carbocycles. The zero-order chi connectivity index (χ0) is 20.2. The van der Waals surface area contributed by atoms with E-state index in [2.05, 4.69) is 16.2 Å². The molecule has 146 valence electrons. The van der Waals surface area contributed by atoms with Crippen LogP contribution < -0.4 is 5.32 Å². The van der Waals surface area contributed by atoms with Crippen molar-refractivity contribution in [2.45, 2.75) is 38.0 Å². The van der Waals surface area contributed by atoms with E-state index in [1.807, 2.05) is 30.3 Å². The first-order valence-electron chi connectivity index (χ1n) is 10.0.